The molecule has 1 amide bonds. The molecule has 3 rings (SSSR count). The number of anilines is 1. The number of carbonyl (C=O) groups is 1. The molecule has 0 aliphatic carbocycles. The number of rotatable bonds is 4. The Kier molecular flexibility index (Phi) is 5.28. The predicted octanol–water partition coefficient (Wildman–Crippen LogP) is 3.74. The van der Waals surface area contributed by atoms with Gasteiger partial charge in [0.1, 0.15) is 5.82 Å². The van der Waals surface area contributed by atoms with Crippen LogP contribution >= 0.6 is 11.6 Å². The number of aromatic nitrogens is 2. The monoisotopic (exact) mass is 433 g/mol. The van der Waals surface area contributed by atoms with Gasteiger partial charge >= 0.3 is 6.18 Å². The summed E-state index contributed by atoms with van der Waals surface area (Å²) < 4.78 is 63.1. The summed E-state index contributed by atoms with van der Waals surface area (Å²) >= 11 is 6.05. The quantitative estimate of drug-likeness (QED) is 0.796. The molecule has 1 aliphatic rings. The molecule has 1 aliphatic heterocycles. The van der Waals surface area contributed by atoms with E-state index in [-0.39, 0.29) is 28.7 Å². The standard InChI is InChI=1S/C17H15ClF3N3O3S/c1-10-6-15(22-16(25)7-11-4-5-28(26,27)9-11)24(23-10)14-8-12(17(19,20)21)2-3-13(14)18/h2-6,8,11H,7,9H2,1H3,(H,22,25). The number of halogens is 4. The van der Waals surface area contributed by atoms with Crippen molar-refractivity contribution >= 4 is 33.2 Å². The van der Waals surface area contributed by atoms with Gasteiger partial charge in [-0.25, -0.2) is 13.1 Å². The second-order valence-electron chi connectivity index (χ2n) is 6.42. The van der Waals surface area contributed by atoms with E-state index in [1.165, 1.54) is 12.1 Å². The molecule has 0 bridgehead atoms. The second kappa shape index (κ2) is 7.25. The highest BCUT2D eigenvalue weighted by Gasteiger charge is 2.31. The molecule has 0 fully saturated rings. The molecular weight excluding hydrogens is 419 g/mol. The third kappa shape index (κ3) is 4.56. The molecule has 2 aromatic rings. The molecular formula is C17H15ClF3N3O3S. The van der Waals surface area contributed by atoms with Crippen molar-refractivity contribution in [1.29, 1.82) is 0 Å². The third-order valence-corrected chi connectivity index (χ3v) is 5.84. The van der Waals surface area contributed by atoms with Gasteiger partial charge in [-0.3, -0.25) is 4.79 Å². The van der Waals surface area contributed by atoms with Crippen LogP contribution in [-0.4, -0.2) is 29.9 Å². The van der Waals surface area contributed by atoms with Gasteiger partial charge in [-0.15, -0.1) is 0 Å². The van der Waals surface area contributed by atoms with Gasteiger partial charge in [0.25, 0.3) is 0 Å². The van der Waals surface area contributed by atoms with Crippen LogP contribution < -0.4 is 5.32 Å². The number of benzene rings is 1. The smallest absolute Gasteiger partial charge is 0.311 e. The summed E-state index contributed by atoms with van der Waals surface area (Å²) in [5, 5.41) is 7.77. The van der Waals surface area contributed by atoms with E-state index in [9.17, 15) is 26.4 Å². The number of allylic oxidation sites excluding steroid dienone is 1. The number of carbonyl (C=O) groups excluding carboxylic acids is 1. The first-order valence-electron chi connectivity index (χ1n) is 8.09. The van der Waals surface area contributed by atoms with Crippen LogP contribution in [0, 0.1) is 12.8 Å². The van der Waals surface area contributed by atoms with Crippen molar-refractivity contribution < 1.29 is 26.4 Å². The van der Waals surface area contributed by atoms with E-state index in [2.05, 4.69) is 10.4 Å². The average molecular weight is 434 g/mol. The summed E-state index contributed by atoms with van der Waals surface area (Å²) in [7, 11) is -3.29. The number of sulfone groups is 1. The molecule has 1 aromatic heterocycles. The largest absolute Gasteiger partial charge is 0.416 e. The molecule has 1 N–H and O–H groups in total. The minimum absolute atomic E-state index is 0.0245. The van der Waals surface area contributed by atoms with Crippen LogP contribution in [0.1, 0.15) is 17.7 Å². The van der Waals surface area contributed by atoms with Crippen molar-refractivity contribution in [2.45, 2.75) is 19.5 Å². The fourth-order valence-electron chi connectivity index (χ4n) is 2.82. The number of amides is 1. The average Bonchev–Trinajstić information content (AvgIpc) is 3.08. The maximum atomic E-state index is 13.0. The highest BCUT2D eigenvalue weighted by molar-refractivity contribution is 7.94. The van der Waals surface area contributed by atoms with Crippen LogP contribution in [0.25, 0.3) is 5.69 Å². The molecule has 1 atom stereocenters. The summed E-state index contributed by atoms with van der Waals surface area (Å²) in [4.78, 5) is 12.3. The normalized spacial score (nSPS) is 18.4. The summed E-state index contributed by atoms with van der Waals surface area (Å²) in [5.41, 5.74) is -0.492. The highest BCUT2D eigenvalue weighted by Crippen LogP contribution is 2.34. The Bertz CT molecular complexity index is 1060. The van der Waals surface area contributed by atoms with Crippen molar-refractivity contribution in [2.75, 3.05) is 11.1 Å². The third-order valence-electron chi connectivity index (χ3n) is 4.05. The Morgan fingerprint density at radius 3 is 2.68 bits per heavy atom. The summed E-state index contributed by atoms with van der Waals surface area (Å²) in [6.07, 6.45) is -3.21. The lowest BCUT2D eigenvalue weighted by atomic mass is 10.1. The molecule has 0 saturated carbocycles. The molecule has 0 saturated heterocycles. The van der Waals surface area contributed by atoms with E-state index >= 15 is 0 Å². The van der Waals surface area contributed by atoms with Crippen LogP contribution in [0.15, 0.2) is 35.7 Å². The van der Waals surface area contributed by atoms with Gasteiger partial charge < -0.3 is 5.32 Å². The number of aryl methyl sites for hydroxylation is 1. The summed E-state index contributed by atoms with van der Waals surface area (Å²) in [6, 6.07) is 4.29. The van der Waals surface area contributed by atoms with Gasteiger partial charge in [0.2, 0.25) is 5.91 Å². The number of hydrogen-bond donors (Lipinski definition) is 1. The maximum Gasteiger partial charge on any atom is 0.416 e. The van der Waals surface area contributed by atoms with Crippen molar-refractivity contribution in [2.24, 2.45) is 5.92 Å². The first kappa shape index (κ1) is 20.4. The Hall–Kier alpha value is -2.33. The van der Waals surface area contributed by atoms with E-state index in [4.69, 9.17) is 11.6 Å². The Labute approximate surface area is 163 Å². The van der Waals surface area contributed by atoms with Gasteiger partial charge in [0.05, 0.1) is 27.7 Å². The van der Waals surface area contributed by atoms with E-state index in [0.717, 1.165) is 28.3 Å². The first-order chi connectivity index (χ1) is 12.9. The van der Waals surface area contributed by atoms with Crippen LogP contribution in [0.4, 0.5) is 19.0 Å². The molecule has 1 unspecified atom stereocenters. The minimum Gasteiger partial charge on any atom is -0.311 e. The zero-order chi connectivity index (χ0) is 20.7. The molecule has 150 valence electrons. The first-order valence-corrected chi connectivity index (χ1v) is 10.2. The SMILES string of the molecule is Cc1cc(NC(=O)CC2C=CS(=O)(=O)C2)n(-c2cc(C(F)(F)F)ccc2Cl)n1. The Morgan fingerprint density at radius 2 is 2.07 bits per heavy atom. The number of nitrogens with one attached hydrogen (secondary N) is 1. The molecule has 0 spiro atoms. The lowest BCUT2D eigenvalue weighted by molar-refractivity contribution is -0.137. The highest BCUT2D eigenvalue weighted by atomic mass is 35.5. The fraction of sp³-hybridized carbons (Fsp3) is 0.294. The molecule has 0 radical (unpaired) electrons. The van der Waals surface area contributed by atoms with E-state index in [1.54, 1.807) is 6.92 Å². The summed E-state index contributed by atoms with van der Waals surface area (Å²) in [6.45, 7) is 1.61. The predicted molar refractivity (Wildman–Crippen MR) is 98.0 cm³/mol. The minimum atomic E-state index is -4.56. The van der Waals surface area contributed by atoms with Gasteiger partial charge in [-0.1, -0.05) is 17.7 Å². The van der Waals surface area contributed by atoms with Crippen LogP contribution in [0.5, 0.6) is 0 Å². The van der Waals surface area contributed by atoms with Crippen molar-refractivity contribution in [3.8, 4) is 5.69 Å². The lowest BCUT2D eigenvalue weighted by Gasteiger charge is -2.14. The van der Waals surface area contributed by atoms with Crippen LogP contribution in [-0.2, 0) is 20.8 Å². The topological polar surface area (TPSA) is 81.1 Å². The second-order valence-corrected chi connectivity index (χ2v) is 8.76. The number of hydrogen-bond acceptors (Lipinski definition) is 4. The van der Waals surface area contributed by atoms with Gasteiger partial charge in [0, 0.05) is 23.8 Å². The Balaban J connectivity index is 1.86. The van der Waals surface area contributed by atoms with Gasteiger partial charge in [0.15, 0.2) is 9.84 Å². The molecule has 1 aromatic carbocycles. The number of alkyl halides is 3. The molecule has 6 nitrogen and oxygen atoms in total. The zero-order valence-electron chi connectivity index (χ0n) is 14.5. The summed E-state index contributed by atoms with van der Waals surface area (Å²) in [5.74, 6) is -0.970. The van der Waals surface area contributed by atoms with Crippen molar-refractivity contribution in [1.82, 2.24) is 9.78 Å². The van der Waals surface area contributed by atoms with Crippen molar-refractivity contribution in [3.05, 3.63) is 52.0 Å². The molecule has 11 heteroatoms. The van der Waals surface area contributed by atoms with Gasteiger partial charge in [-0.05, 0) is 25.1 Å². The number of nitrogens with zero attached hydrogens (tertiary/aromatic N) is 2. The molecule has 2 heterocycles. The Morgan fingerprint density at radius 1 is 1.36 bits per heavy atom. The van der Waals surface area contributed by atoms with Crippen LogP contribution in [0.2, 0.25) is 5.02 Å². The van der Waals surface area contributed by atoms with Crippen LogP contribution in [0.3, 0.4) is 0 Å². The fourth-order valence-corrected chi connectivity index (χ4v) is 4.42. The van der Waals surface area contributed by atoms with E-state index < -0.39 is 33.4 Å². The zero-order valence-corrected chi connectivity index (χ0v) is 16.1. The van der Waals surface area contributed by atoms with Gasteiger partial charge in [-0.2, -0.15) is 18.3 Å². The lowest BCUT2D eigenvalue weighted by Crippen LogP contribution is -2.19. The molecule has 28 heavy (non-hydrogen) atoms. The van der Waals surface area contributed by atoms with Crippen molar-refractivity contribution in [3.63, 3.8) is 0 Å². The van der Waals surface area contributed by atoms with E-state index in [0.29, 0.717) is 5.69 Å². The van der Waals surface area contributed by atoms with E-state index in [1.807, 2.05) is 0 Å². The maximum absolute atomic E-state index is 13.0.